The van der Waals surface area contributed by atoms with Gasteiger partial charge in [-0.2, -0.15) is 0 Å². The van der Waals surface area contributed by atoms with Crippen LogP contribution < -0.4 is 0 Å². The van der Waals surface area contributed by atoms with E-state index in [0.717, 1.165) is 5.56 Å². The number of hydrogen-bond donors (Lipinski definition) is 4. The molecule has 0 aliphatic rings. The number of aryl methyl sites for hydroxylation is 1. The minimum Gasteiger partial charge on any atom is -0.508 e. The molecule has 0 fully saturated rings. The highest BCUT2D eigenvalue weighted by atomic mass is 16.3. The van der Waals surface area contributed by atoms with E-state index in [2.05, 4.69) is 0 Å². The molecule has 5 aromatic rings. The van der Waals surface area contributed by atoms with E-state index in [0.29, 0.717) is 33.4 Å². The third-order valence-electron chi connectivity index (χ3n) is 6.70. The third-order valence-corrected chi connectivity index (χ3v) is 6.70. The van der Waals surface area contributed by atoms with Crippen LogP contribution in [0.1, 0.15) is 27.8 Å². The molecule has 0 heterocycles. The molecular weight excluding hydrogens is 448 g/mol. The van der Waals surface area contributed by atoms with Crippen molar-refractivity contribution in [2.24, 2.45) is 0 Å². The summed E-state index contributed by atoms with van der Waals surface area (Å²) in [6.07, 6.45) is 0. The summed E-state index contributed by atoms with van der Waals surface area (Å²) in [5, 5.41) is 44.7. The summed E-state index contributed by atoms with van der Waals surface area (Å²) in [4.78, 5) is 0. The molecule has 4 heteroatoms. The Bertz CT molecular complexity index is 1440. The standard InChI is InChI=1S/C32H26O4/c1-21-18-19-24(23(20-21)22-10-2-6-14-28(22)33)32(25-11-3-7-15-29(25)34,26-12-4-8-16-30(26)35)27-13-5-9-17-31(27)36/h2-20,33-36H,1H3. The van der Waals surface area contributed by atoms with E-state index in [-0.39, 0.29) is 23.0 Å². The molecule has 0 amide bonds. The molecule has 36 heavy (non-hydrogen) atoms. The third kappa shape index (κ3) is 3.64. The molecule has 4 N–H and O–H groups in total. The number of benzene rings is 5. The molecule has 0 spiro atoms. The highest BCUT2D eigenvalue weighted by Crippen LogP contribution is 2.55. The first-order chi connectivity index (χ1) is 17.4. The van der Waals surface area contributed by atoms with Gasteiger partial charge in [-0.25, -0.2) is 0 Å². The minimum absolute atomic E-state index is 0.00724. The number of phenolic OH excluding ortho intramolecular Hbond substituents is 4. The highest BCUT2D eigenvalue weighted by molar-refractivity contribution is 5.80. The number of aromatic hydroxyl groups is 4. The smallest absolute Gasteiger partial charge is 0.123 e. The Balaban J connectivity index is 2.06. The van der Waals surface area contributed by atoms with Crippen molar-refractivity contribution in [2.45, 2.75) is 12.3 Å². The zero-order valence-corrected chi connectivity index (χ0v) is 19.8. The molecule has 0 bridgehead atoms. The Morgan fingerprint density at radius 3 is 1.28 bits per heavy atom. The fourth-order valence-electron chi connectivity index (χ4n) is 5.15. The second kappa shape index (κ2) is 9.16. The second-order valence-electron chi connectivity index (χ2n) is 8.87. The lowest BCUT2D eigenvalue weighted by Gasteiger charge is -2.39. The maximum Gasteiger partial charge on any atom is 0.123 e. The molecule has 178 valence electrons. The van der Waals surface area contributed by atoms with E-state index in [9.17, 15) is 20.4 Å². The van der Waals surface area contributed by atoms with E-state index in [1.54, 1.807) is 66.7 Å². The molecule has 0 aliphatic heterocycles. The molecule has 4 nitrogen and oxygen atoms in total. The van der Waals surface area contributed by atoms with Crippen LogP contribution in [0, 0.1) is 6.92 Å². The maximum absolute atomic E-state index is 11.3. The van der Waals surface area contributed by atoms with Crippen LogP contribution in [-0.2, 0) is 5.41 Å². The quantitative estimate of drug-likeness (QED) is 0.210. The van der Waals surface area contributed by atoms with Gasteiger partial charge in [0.15, 0.2) is 0 Å². The summed E-state index contributed by atoms with van der Waals surface area (Å²) >= 11 is 0. The molecule has 0 unspecified atom stereocenters. The van der Waals surface area contributed by atoms with Gasteiger partial charge in [-0.3, -0.25) is 0 Å². The summed E-state index contributed by atoms with van der Waals surface area (Å²) in [7, 11) is 0. The van der Waals surface area contributed by atoms with E-state index in [1.165, 1.54) is 0 Å². The van der Waals surface area contributed by atoms with Gasteiger partial charge in [0.05, 0.1) is 5.41 Å². The highest BCUT2D eigenvalue weighted by Gasteiger charge is 2.45. The van der Waals surface area contributed by atoms with Gasteiger partial charge in [0.25, 0.3) is 0 Å². The lowest BCUT2D eigenvalue weighted by atomic mass is 9.62. The Morgan fingerprint density at radius 2 is 0.833 bits per heavy atom. The van der Waals surface area contributed by atoms with Crippen LogP contribution in [0.3, 0.4) is 0 Å². The van der Waals surface area contributed by atoms with E-state index >= 15 is 0 Å². The molecule has 0 radical (unpaired) electrons. The zero-order valence-electron chi connectivity index (χ0n) is 19.8. The predicted molar refractivity (Wildman–Crippen MR) is 142 cm³/mol. The van der Waals surface area contributed by atoms with Gasteiger partial charge < -0.3 is 20.4 Å². The van der Waals surface area contributed by atoms with E-state index < -0.39 is 5.41 Å². The van der Waals surface area contributed by atoms with Crippen LogP contribution >= 0.6 is 0 Å². The first kappa shape index (κ1) is 23.1. The van der Waals surface area contributed by atoms with Gasteiger partial charge in [0.1, 0.15) is 23.0 Å². The molecule has 0 atom stereocenters. The van der Waals surface area contributed by atoms with Crippen LogP contribution in [0.2, 0.25) is 0 Å². The summed E-state index contributed by atoms with van der Waals surface area (Å²) in [6.45, 7) is 1.97. The summed E-state index contributed by atoms with van der Waals surface area (Å²) in [5.41, 5.74) is 3.06. The van der Waals surface area contributed by atoms with Gasteiger partial charge in [0, 0.05) is 22.3 Å². The van der Waals surface area contributed by atoms with Gasteiger partial charge in [-0.1, -0.05) is 96.6 Å². The fraction of sp³-hybridized carbons (Fsp3) is 0.0625. The molecule has 5 rings (SSSR count). The topological polar surface area (TPSA) is 80.9 Å². The zero-order chi connectivity index (χ0) is 25.3. The lowest BCUT2D eigenvalue weighted by Crippen LogP contribution is -2.32. The second-order valence-corrected chi connectivity index (χ2v) is 8.87. The van der Waals surface area contributed by atoms with Crippen LogP contribution in [0.25, 0.3) is 11.1 Å². The largest absolute Gasteiger partial charge is 0.508 e. The summed E-state index contributed by atoms with van der Waals surface area (Å²) in [6, 6.07) is 33.8. The van der Waals surface area contributed by atoms with Crippen LogP contribution in [0.4, 0.5) is 0 Å². The van der Waals surface area contributed by atoms with Crippen molar-refractivity contribution in [2.75, 3.05) is 0 Å². The minimum atomic E-state index is -1.34. The predicted octanol–water partition coefficient (Wildman–Crippen LogP) is 6.87. The van der Waals surface area contributed by atoms with Crippen LogP contribution in [-0.4, -0.2) is 20.4 Å². The molecule has 0 aliphatic carbocycles. The Labute approximate surface area is 210 Å². The average molecular weight is 475 g/mol. The van der Waals surface area contributed by atoms with Crippen molar-refractivity contribution in [3.63, 3.8) is 0 Å². The first-order valence-corrected chi connectivity index (χ1v) is 11.7. The SMILES string of the molecule is Cc1ccc(C(c2ccccc2O)(c2ccccc2O)c2ccccc2O)c(-c2ccccc2O)c1. The van der Waals surface area contributed by atoms with Crippen molar-refractivity contribution in [3.05, 3.63) is 143 Å². The first-order valence-electron chi connectivity index (χ1n) is 11.7. The van der Waals surface area contributed by atoms with Crippen molar-refractivity contribution < 1.29 is 20.4 Å². The van der Waals surface area contributed by atoms with Crippen molar-refractivity contribution in [3.8, 4) is 34.1 Å². The van der Waals surface area contributed by atoms with Gasteiger partial charge in [-0.15, -0.1) is 0 Å². The fourth-order valence-corrected chi connectivity index (χ4v) is 5.15. The summed E-state index contributed by atoms with van der Waals surface area (Å²) < 4.78 is 0. The van der Waals surface area contributed by atoms with Crippen molar-refractivity contribution in [1.82, 2.24) is 0 Å². The normalized spacial score (nSPS) is 11.4. The molecule has 0 saturated carbocycles. The van der Waals surface area contributed by atoms with E-state index in [1.807, 2.05) is 55.5 Å². The molecular formula is C32H26O4. The summed E-state index contributed by atoms with van der Waals surface area (Å²) in [5.74, 6) is 0.124. The Kier molecular flexibility index (Phi) is 5.87. The van der Waals surface area contributed by atoms with Crippen LogP contribution in [0.15, 0.2) is 115 Å². The van der Waals surface area contributed by atoms with Gasteiger partial charge >= 0.3 is 0 Å². The maximum atomic E-state index is 11.3. The molecule has 5 aromatic carbocycles. The molecule has 0 aromatic heterocycles. The number of rotatable bonds is 5. The van der Waals surface area contributed by atoms with Crippen LogP contribution in [0.5, 0.6) is 23.0 Å². The Morgan fingerprint density at radius 1 is 0.417 bits per heavy atom. The Hall–Kier alpha value is -4.70. The number of hydrogen-bond acceptors (Lipinski definition) is 4. The van der Waals surface area contributed by atoms with Gasteiger partial charge in [0.2, 0.25) is 0 Å². The molecule has 0 saturated heterocycles. The van der Waals surface area contributed by atoms with Crippen molar-refractivity contribution in [1.29, 1.82) is 0 Å². The monoisotopic (exact) mass is 474 g/mol. The van der Waals surface area contributed by atoms with E-state index in [4.69, 9.17) is 0 Å². The van der Waals surface area contributed by atoms with Crippen molar-refractivity contribution >= 4 is 0 Å². The number of para-hydroxylation sites is 4. The number of phenols is 4. The lowest BCUT2D eigenvalue weighted by molar-refractivity contribution is 0.435. The average Bonchev–Trinajstić information content (AvgIpc) is 2.88. The van der Waals surface area contributed by atoms with Gasteiger partial charge in [-0.05, 0) is 42.3 Å².